The van der Waals surface area contributed by atoms with E-state index in [1.807, 2.05) is 59.2 Å². The van der Waals surface area contributed by atoms with Gasteiger partial charge >= 0.3 is 0 Å². The van der Waals surface area contributed by atoms with E-state index >= 15 is 0 Å². The zero-order valence-electron chi connectivity index (χ0n) is 20.5. The number of rotatable bonds is 10. The van der Waals surface area contributed by atoms with Gasteiger partial charge in [-0.3, -0.25) is 9.36 Å². The number of thioether (sulfide) groups is 1. The second kappa shape index (κ2) is 11.2. The number of methoxy groups -OCH3 is 2. The van der Waals surface area contributed by atoms with Crippen molar-refractivity contribution in [3.63, 3.8) is 0 Å². The summed E-state index contributed by atoms with van der Waals surface area (Å²) in [6, 6.07) is 23.6. The van der Waals surface area contributed by atoms with Crippen molar-refractivity contribution in [2.75, 3.05) is 26.5 Å². The maximum atomic E-state index is 12.7. The Labute approximate surface area is 218 Å². The van der Waals surface area contributed by atoms with Gasteiger partial charge in [0, 0.05) is 11.9 Å². The maximum absolute atomic E-state index is 12.7. The van der Waals surface area contributed by atoms with E-state index in [1.54, 1.807) is 20.5 Å². The molecule has 0 unspecified atom stereocenters. The number of carbonyl (C=O) groups excluding carboxylic acids is 1. The van der Waals surface area contributed by atoms with E-state index in [0.717, 1.165) is 22.0 Å². The topological polar surface area (TPSA) is 91.4 Å². The van der Waals surface area contributed by atoms with Crippen molar-refractivity contribution in [3.05, 3.63) is 84.6 Å². The fourth-order valence-corrected chi connectivity index (χ4v) is 4.89. The van der Waals surface area contributed by atoms with E-state index in [1.165, 1.54) is 11.8 Å². The second-order valence-corrected chi connectivity index (χ2v) is 9.14. The summed E-state index contributed by atoms with van der Waals surface area (Å²) in [5.74, 6) is 2.65. The van der Waals surface area contributed by atoms with Crippen molar-refractivity contribution in [2.45, 2.75) is 11.6 Å². The zero-order chi connectivity index (χ0) is 25.6. The maximum Gasteiger partial charge on any atom is 0.230 e. The molecule has 1 N–H and O–H groups in total. The summed E-state index contributed by atoms with van der Waals surface area (Å²) in [4.78, 5) is 12.7. The molecule has 9 heteroatoms. The molecule has 0 saturated heterocycles. The number of aromatic nitrogens is 3. The fraction of sp³-hybridized carbons (Fsp3) is 0.179. The van der Waals surface area contributed by atoms with Gasteiger partial charge in [-0.05, 0) is 47.7 Å². The Hall–Kier alpha value is -4.24. The van der Waals surface area contributed by atoms with E-state index in [9.17, 15) is 4.79 Å². The van der Waals surface area contributed by atoms with Crippen molar-refractivity contribution in [1.29, 1.82) is 0 Å². The van der Waals surface area contributed by atoms with Gasteiger partial charge in [-0.2, -0.15) is 0 Å². The van der Waals surface area contributed by atoms with Crippen LogP contribution >= 0.6 is 11.8 Å². The first-order valence-corrected chi connectivity index (χ1v) is 12.7. The number of nitrogens with zero attached hydrogens (tertiary/aromatic N) is 3. The summed E-state index contributed by atoms with van der Waals surface area (Å²) in [5, 5.41) is 14.5. The molecule has 0 radical (unpaired) electrons. The SMILES string of the molecule is COc1ccc(CCNC(=O)CSc2nnc(-c3ccco3)n2-c2cccc3ccccc23)cc1OC. The average molecular weight is 515 g/mol. The van der Waals surface area contributed by atoms with E-state index in [4.69, 9.17) is 13.9 Å². The summed E-state index contributed by atoms with van der Waals surface area (Å²) < 4.78 is 18.2. The Morgan fingerprint density at radius 2 is 1.81 bits per heavy atom. The molecule has 0 aliphatic heterocycles. The minimum absolute atomic E-state index is 0.0857. The van der Waals surface area contributed by atoms with Crippen molar-refractivity contribution in [1.82, 2.24) is 20.1 Å². The van der Waals surface area contributed by atoms with Crippen LogP contribution in [0.4, 0.5) is 0 Å². The smallest absolute Gasteiger partial charge is 0.230 e. The molecular formula is C28H26N4O4S. The molecule has 188 valence electrons. The summed E-state index contributed by atoms with van der Waals surface area (Å²) in [6.45, 7) is 0.503. The lowest BCUT2D eigenvalue weighted by Gasteiger charge is -2.12. The number of amides is 1. The highest BCUT2D eigenvalue weighted by atomic mass is 32.2. The van der Waals surface area contributed by atoms with Crippen LogP contribution in [0.1, 0.15) is 5.56 Å². The molecule has 1 amide bonds. The number of nitrogens with one attached hydrogen (secondary N) is 1. The molecule has 0 saturated carbocycles. The lowest BCUT2D eigenvalue weighted by Crippen LogP contribution is -2.27. The second-order valence-electron chi connectivity index (χ2n) is 8.20. The standard InChI is InChI=1S/C28H26N4O4S/c1-34-23-13-12-19(17-25(23)35-2)14-15-29-26(33)18-37-28-31-30-27(24-11-6-16-36-24)32(28)22-10-5-8-20-7-3-4-9-21(20)22/h3-13,16-17H,14-15,18H2,1-2H3,(H,29,33). The van der Waals surface area contributed by atoms with Crippen molar-refractivity contribution in [3.8, 4) is 28.8 Å². The van der Waals surface area contributed by atoms with Gasteiger partial charge in [-0.1, -0.05) is 54.2 Å². The monoisotopic (exact) mass is 514 g/mol. The largest absolute Gasteiger partial charge is 0.493 e. The van der Waals surface area contributed by atoms with Gasteiger partial charge < -0.3 is 19.2 Å². The van der Waals surface area contributed by atoms with Crippen LogP contribution < -0.4 is 14.8 Å². The lowest BCUT2D eigenvalue weighted by molar-refractivity contribution is -0.118. The molecule has 5 aromatic rings. The first kappa shape index (κ1) is 24.5. The summed E-state index contributed by atoms with van der Waals surface area (Å²) in [7, 11) is 3.21. The number of hydrogen-bond donors (Lipinski definition) is 1. The van der Waals surface area contributed by atoms with Crippen LogP contribution in [-0.4, -0.2) is 47.2 Å². The predicted octanol–water partition coefficient (Wildman–Crippen LogP) is 5.15. The Morgan fingerprint density at radius 3 is 2.62 bits per heavy atom. The van der Waals surface area contributed by atoms with Crippen LogP contribution in [0.15, 0.2) is 88.6 Å². The van der Waals surface area contributed by atoms with Crippen LogP contribution in [-0.2, 0) is 11.2 Å². The summed E-state index contributed by atoms with van der Waals surface area (Å²) >= 11 is 1.33. The molecule has 0 fully saturated rings. The molecule has 0 aliphatic rings. The van der Waals surface area contributed by atoms with Gasteiger partial charge in [-0.25, -0.2) is 0 Å². The molecule has 2 heterocycles. The molecule has 5 rings (SSSR count). The predicted molar refractivity (Wildman–Crippen MR) is 144 cm³/mol. The summed E-state index contributed by atoms with van der Waals surface area (Å²) in [6.07, 6.45) is 2.28. The minimum atomic E-state index is -0.0857. The normalized spacial score (nSPS) is 11.0. The molecule has 0 atom stereocenters. The van der Waals surface area contributed by atoms with Crippen molar-refractivity contribution in [2.24, 2.45) is 0 Å². The van der Waals surface area contributed by atoms with Crippen LogP contribution in [0.25, 0.3) is 28.0 Å². The third kappa shape index (κ3) is 5.31. The first-order chi connectivity index (χ1) is 18.2. The highest BCUT2D eigenvalue weighted by molar-refractivity contribution is 7.99. The van der Waals surface area contributed by atoms with Crippen LogP contribution in [0.5, 0.6) is 11.5 Å². The average Bonchev–Trinajstić information content (AvgIpc) is 3.61. The minimum Gasteiger partial charge on any atom is -0.493 e. The third-order valence-electron chi connectivity index (χ3n) is 5.90. The Bertz CT molecular complexity index is 1510. The van der Waals surface area contributed by atoms with Gasteiger partial charge in [0.15, 0.2) is 22.4 Å². The quantitative estimate of drug-likeness (QED) is 0.258. The summed E-state index contributed by atoms with van der Waals surface area (Å²) in [5.41, 5.74) is 1.97. The van der Waals surface area contributed by atoms with Gasteiger partial charge in [0.1, 0.15) is 0 Å². The van der Waals surface area contributed by atoms with Crippen LogP contribution in [0.3, 0.4) is 0 Å². The number of benzene rings is 3. The van der Waals surface area contributed by atoms with E-state index < -0.39 is 0 Å². The first-order valence-electron chi connectivity index (χ1n) is 11.8. The molecule has 0 bridgehead atoms. The zero-order valence-corrected chi connectivity index (χ0v) is 21.3. The van der Waals surface area contributed by atoms with E-state index in [-0.39, 0.29) is 11.7 Å². The number of furan rings is 1. The van der Waals surface area contributed by atoms with Crippen LogP contribution in [0, 0.1) is 0 Å². The van der Waals surface area contributed by atoms with E-state index in [0.29, 0.717) is 41.2 Å². The van der Waals surface area contributed by atoms with Crippen LogP contribution in [0.2, 0.25) is 0 Å². The Morgan fingerprint density at radius 1 is 0.973 bits per heavy atom. The molecule has 8 nitrogen and oxygen atoms in total. The van der Waals surface area contributed by atoms with Crippen molar-refractivity contribution >= 4 is 28.4 Å². The van der Waals surface area contributed by atoms with Crippen molar-refractivity contribution < 1.29 is 18.7 Å². The molecule has 3 aromatic carbocycles. The lowest BCUT2D eigenvalue weighted by atomic mass is 10.1. The van der Waals surface area contributed by atoms with Gasteiger partial charge in [-0.15, -0.1) is 10.2 Å². The Kier molecular flexibility index (Phi) is 7.41. The highest BCUT2D eigenvalue weighted by Crippen LogP contribution is 2.32. The van der Waals surface area contributed by atoms with Gasteiger partial charge in [0.25, 0.3) is 0 Å². The fourth-order valence-electron chi connectivity index (χ4n) is 4.11. The molecule has 37 heavy (non-hydrogen) atoms. The number of carbonyl (C=O) groups is 1. The highest BCUT2D eigenvalue weighted by Gasteiger charge is 2.20. The third-order valence-corrected chi connectivity index (χ3v) is 6.83. The number of ether oxygens (including phenoxy) is 2. The molecule has 0 aliphatic carbocycles. The van der Waals surface area contributed by atoms with Gasteiger partial charge in [0.2, 0.25) is 11.7 Å². The van der Waals surface area contributed by atoms with E-state index in [2.05, 4.69) is 33.7 Å². The molecular weight excluding hydrogens is 488 g/mol. The Balaban J connectivity index is 1.30. The number of hydrogen-bond acceptors (Lipinski definition) is 7. The number of fused-ring (bicyclic) bond motifs is 1. The van der Waals surface area contributed by atoms with Gasteiger partial charge in [0.05, 0.1) is 31.9 Å². The molecule has 2 aromatic heterocycles. The molecule has 0 spiro atoms.